The van der Waals surface area contributed by atoms with Gasteiger partial charge in [0.25, 0.3) is 0 Å². The molecule has 1 unspecified atom stereocenters. The third kappa shape index (κ3) is 2.95. The number of rotatable bonds is 3. The second-order valence-corrected chi connectivity index (χ2v) is 4.76. The number of methoxy groups -OCH3 is 1. The molecule has 0 radical (unpaired) electrons. The molecule has 1 aliphatic rings. The number of ether oxygens (including phenoxy) is 1. The zero-order valence-corrected chi connectivity index (χ0v) is 11.4. The normalized spacial score (nSPS) is 19.4. The van der Waals surface area contributed by atoms with Crippen LogP contribution in [0.25, 0.3) is 0 Å². The average Bonchev–Trinajstić information content (AvgIpc) is 2.47. The summed E-state index contributed by atoms with van der Waals surface area (Å²) in [5.41, 5.74) is 2.33. The quantitative estimate of drug-likeness (QED) is 0.615. The molecule has 102 valence electrons. The van der Waals surface area contributed by atoms with Crippen molar-refractivity contribution in [2.75, 3.05) is 25.1 Å². The number of carbonyl (C=O) groups is 2. The highest BCUT2D eigenvalue weighted by Crippen LogP contribution is 2.22. The summed E-state index contributed by atoms with van der Waals surface area (Å²) in [5.74, 6) is -1.10. The van der Waals surface area contributed by atoms with Gasteiger partial charge < -0.3 is 9.64 Å². The largest absolute Gasteiger partial charge is 0.468 e. The Morgan fingerprint density at radius 2 is 2.05 bits per heavy atom. The number of piperidine rings is 1. The minimum absolute atomic E-state index is 0.0201. The van der Waals surface area contributed by atoms with Crippen molar-refractivity contribution < 1.29 is 14.3 Å². The van der Waals surface area contributed by atoms with Gasteiger partial charge in [0.1, 0.15) is 5.92 Å². The number of anilines is 1. The van der Waals surface area contributed by atoms with Gasteiger partial charge in [0.2, 0.25) is 0 Å². The third-order valence-corrected chi connectivity index (χ3v) is 3.62. The van der Waals surface area contributed by atoms with E-state index in [1.165, 1.54) is 12.7 Å². The molecule has 1 aliphatic heterocycles. The van der Waals surface area contributed by atoms with Crippen LogP contribution < -0.4 is 4.90 Å². The smallest absolute Gasteiger partial charge is 0.318 e. The van der Waals surface area contributed by atoms with Gasteiger partial charge in [-0.2, -0.15) is 0 Å². The predicted octanol–water partition coefficient (Wildman–Crippen LogP) is 1.82. The Kier molecular flexibility index (Phi) is 4.20. The highest BCUT2D eigenvalue weighted by atomic mass is 16.5. The van der Waals surface area contributed by atoms with E-state index in [9.17, 15) is 9.59 Å². The van der Waals surface area contributed by atoms with E-state index >= 15 is 0 Å². The number of Topliss-reactive ketones (excluding diaryl/α,β-unsaturated/α-hetero) is 1. The second kappa shape index (κ2) is 5.87. The van der Waals surface area contributed by atoms with Crippen LogP contribution in [0.2, 0.25) is 0 Å². The maximum atomic E-state index is 11.7. The van der Waals surface area contributed by atoms with E-state index in [0.717, 1.165) is 12.1 Å². The van der Waals surface area contributed by atoms with E-state index < -0.39 is 11.9 Å². The Bertz CT molecular complexity index is 459. The molecule has 0 bridgehead atoms. The molecule has 0 amide bonds. The number of carbonyl (C=O) groups excluding carboxylic acids is 2. The first-order valence-electron chi connectivity index (χ1n) is 6.60. The van der Waals surface area contributed by atoms with Gasteiger partial charge >= 0.3 is 5.97 Å². The van der Waals surface area contributed by atoms with E-state index in [1.807, 2.05) is 12.1 Å². The highest BCUT2D eigenvalue weighted by Gasteiger charge is 2.33. The molecule has 2 rings (SSSR count). The minimum atomic E-state index is -0.649. The molecule has 0 aliphatic carbocycles. The van der Waals surface area contributed by atoms with Crippen LogP contribution in [-0.2, 0) is 20.7 Å². The molecule has 1 saturated heterocycles. The zero-order valence-electron chi connectivity index (χ0n) is 11.4. The Hall–Kier alpha value is -1.84. The Morgan fingerprint density at radius 3 is 2.63 bits per heavy atom. The second-order valence-electron chi connectivity index (χ2n) is 4.76. The van der Waals surface area contributed by atoms with Crippen LogP contribution in [-0.4, -0.2) is 32.0 Å². The molecule has 19 heavy (non-hydrogen) atoms. The number of nitrogens with zero attached hydrogens (tertiary/aromatic N) is 1. The SMILES string of the molecule is CCc1ccc(N2CCC(=O)C(C(=O)OC)C2)cc1. The van der Waals surface area contributed by atoms with E-state index in [0.29, 0.717) is 19.5 Å². The van der Waals surface area contributed by atoms with Crippen LogP contribution >= 0.6 is 0 Å². The summed E-state index contributed by atoms with van der Waals surface area (Å²) in [6, 6.07) is 8.25. The van der Waals surface area contributed by atoms with Crippen molar-refractivity contribution in [1.82, 2.24) is 0 Å². The Labute approximate surface area is 113 Å². The van der Waals surface area contributed by atoms with Crippen molar-refractivity contribution in [3.05, 3.63) is 29.8 Å². The number of aryl methyl sites for hydroxylation is 1. The van der Waals surface area contributed by atoms with Crippen LogP contribution in [0.1, 0.15) is 18.9 Å². The zero-order chi connectivity index (χ0) is 13.8. The van der Waals surface area contributed by atoms with Crippen molar-refractivity contribution in [1.29, 1.82) is 0 Å². The number of hydrogen-bond acceptors (Lipinski definition) is 4. The van der Waals surface area contributed by atoms with Gasteiger partial charge in [-0.15, -0.1) is 0 Å². The maximum Gasteiger partial charge on any atom is 0.318 e. The van der Waals surface area contributed by atoms with Crippen molar-refractivity contribution >= 4 is 17.4 Å². The Balaban J connectivity index is 2.12. The fourth-order valence-electron chi connectivity index (χ4n) is 2.36. The van der Waals surface area contributed by atoms with Crippen LogP contribution in [0.4, 0.5) is 5.69 Å². The third-order valence-electron chi connectivity index (χ3n) is 3.62. The lowest BCUT2D eigenvalue weighted by Gasteiger charge is -2.32. The first-order valence-corrected chi connectivity index (χ1v) is 6.60. The molecule has 0 spiro atoms. The average molecular weight is 261 g/mol. The molecule has 0 saturated carbocycles. The van der Waals surface area contributed by atoms with Gasteiger partial charge in [0.15, 0.2) is 5.78 Å². The molecule has 1 heterocycles. The number of ketones is 1. The summed E-state index contributed by atoms with van der Waals surface area (Å²) in [6.45, 7) is 3.19. The summed E-state index contributed by atoms with van der Waals surface area (Å²) >= 11 is 0. The fourth-order valence-corrected chi connectivity index (χ4v) is 2.36. The van der Waals surface area contributed by atoms with Crippen LogP contribution in [0, 0.1) is 5.92 Å². The van der Waals surface area contributed by atoms with Crippen LogP contribution in [0.3, 0.4) is 0 Å². The number of benzene rings is 1. The van der Waals surface area contributed by atoms with Crippen molar-refractivity contribution in [3.8, 4) is 0 Å². The molecule has 0 aromatic heterocycles. The standard InChI is InChI=1S/C15H19NO3/c1-3-11-4-6-12(7-5-11)16-9-8-14(17)13(10-16)15(18)19-2/h4-7,13H,3,8-10H2,1-2H3. The lowest BCUT2D eigenvalue weighted by atomic mass is 9.96. The highest BCUT2D eigenvalue weighted by molar-refractivity contribution is 6.00. The van der Waals surface area contributed by atoms with Gasteiger partial charge in [-0.3, -0.25) is 9.59 Å². The summed E-state index contributed by atoms with van der Waals surface area (Å²) in [5, 5.41) is 0. The summed E-state index contributed by atoms with van der Waals surface area (Å²) < 4.78 is 4.69. The summed E-state index contributed by atoms with van der Waals surface area (Å²) in [6.07, 6.45) is 1.40. The van der Waals surface area contributed by atoms with Gasteiger partial charge in [0, 0.05) is 25.2 Å². The molecular formula is C15H19NO3. The molecule has 1 fully saturated rings. The lowest BCUT2D eigenvalue weighted by molar-refractivity contribution is -0.149. The molecule has 1 aromatic carbocycles. The van der Waals surface area contributed by atoms with E-state index in [2.05, 4.69) is 24.0 Å². The van der Waals surface area contributed by atoms with Gasteiger partial charge in [0.05, 0.1) is 7.11 Å². The molecule has 0 N–H and O–H groups in total. The molecule has 1 aromatic rings. The number of hydrogen-bond donors (Lipinski definition) is 0. The number of esters is 1. The molecule has 4 nitrogen and oxygen atoms in total. The monoisotopic (exact) mass is 261 g/mol. The summed E-state index contributed by atoms with van der Waals surface area (Å²) in [4.78, 5) is 25.4. The van der Waals surface area contributed by atoms with Crippen LogP contribution in [0.5, 0.6) is 0 Å². The molecule has 4 heteroatoms. The first-order chi connectivity index (χ1) is 9.15. The lowest BCUT2D eigenvalue weighted by Crippen LogP contribution is -2.44. The van der Waals surface area contributed by atoms with Gasteiger partial charge in [-0.1, -0.05) is 19.1 Å². The Morgan fingerprint density at radius 1 is 1.37 bits per heavy atom. The maximum absolute atomic E-state index is 11.7. The predicted molar refractivity (Wildman–Crippen MR) is 73.2 cm³/mol. The van der Waals surface area contributed by atoms with Gasteiger partial charge in [-0.05, 0) is 24.1 Å². The van der Waals surface area contributed by atoms with Gasteiger partial charge in [-0.25, -0.2) is 0 Å². The molecule has 1 atom stereocenters. The van der Waals surface area contributed by atoms with E-state index in [4.69, 9.17) is 4.74 Å². The van der Waals surface area contributed by atoms with Crippen LogP contribution in [0.15, 0.2) is 24.3 Å². The first kappa shape index (κ1) is 13.6. The van der Waals surface area contributed by atoms with Crippen molar-refractivity contribution in [3.63, 3.8) is 0 Å². The van der Waals surface area contributed by atoms with Crippen molar-refractivity contribution in [2.24, 2.45) is 5.92 Å². The minimum Gasteiger partial charge on any atom is -0.468 e. The summed E-state index contributed by atoms with van der Waals surface area (Å²) in [7, 11) is 1.32. The topological polar surface area (TPSA) is 46.6 Å². The fraction of sp³-hybridized carbons (Fsp3) is 0.467. The van der Waals surface area contributed by atoms with Crippen molar-refractivity contribution in [2.45, 2.75) is 19.8 Å². The van der Waals surface area contributed by atoms with E-state index in [-0.39, 0.29) is 5.78 Å². The molecular weight excluding hydrogens is 242 g/mol. The van der Waals surface area contributed by atoms with E-state index in [1.54, 1.807) is 0 Å².